The lowest BCUT2D eigenvalue weighted by Crippen LogP contribution is -2.26. The molecule has 0 fully saturated rings. The third-order valence-electron chi connectivity index (χ3n) is 3.26. The van der Waals surface area contributed by atoms with Gasteiger partial charge in [-0.15, -0.1) is 0 Å². The third kappa shape index (κ3) is 1.98. The predicted octanol–water partition coefficient (Wildman–Crippen LogP) is 2.71. The first-order chi connectivity index (χ1) is 7.53. The van der Waals surface area contributed by atoms with Crippen molar-refractivity contribution in [3.8, 4) is 0 Å². The summed E-state index contributed by atoms with van der Waals surface area (Å²) < 4.78 is 2.27. The van der Waals surface area contributed by atoms with Gasteiger partial charge in [-0.1, -0.05) is 32.0 Å². The summed E-state index contributed by atoms with van der Waals surface area (Å²) in [6, 6.07) is 10.8. The largest absolute Gasteiger partial charge is 0.348 e. The lowest BCUT2D eigenvalue weighted by Gasteiger charge is -2.22. The maximum absolute atomic E-state index is 5.79. The number of aryl methyl sites for hydroxylation is 1. The Hall–Kier alpha value is -1.28. The minimum atomic E-state index is 0.169. The molecule has 0 aliphatic carbocycles. The van der Waals surface area contributed by atoms with Gasteiger partial charge in [0.2, 0.25) is 0 Å². The van der Waals surface area contributed by atoms with Crippen molar-refractivity contribution in [3.63, 3.8) is 0 Å². The van der Waals surface area contributed by atoms with Crippen molar-refractivity contribution < 1.29 is 0 Å². The molecule has 1 heterocycles. The van der Waals surface area contributed by atoms with Crippen molar-refractivity contribution in [3.05, 3.63) is 36.0 Å². The molecule has 2 nitrogen and oxygen atoms in total. The van der Waals surface area contributed by atoms with Crippen LogP contribution in [0.1, 0.15) is 19.5 Å². The van der Waals surface area contributed by atoms with E-state index < -0.39 is 0 Å². The van der Waals surface area contributed by atoms with Gasteiger partial charge in [0.05, 0.1) is 0 Å². The second-order valence-electron chi connectivity index (χ2n) is 5.30. The van der Waals surface area contributed by atoms with Crippen molar-refractivity contribution in [2.75, 3.05) is 6.54 Å². The van der Waals surface area contributed by atoms with Crippen LogP contribution in [0, 0.1) is 5.41 Å². The highest BCUT2D eigenvalue weighted by atomic mass is 14.9. The lowest BCUT2D eigenvalue weighted by molar-refractivity contribution is 0.369. The predicted molar refractivity (Wildman–Crippen MR) is 69.5 cm³/mol. The first-order valence-corrected chi connectivity index (χ1v) is 5.77. The maximum Gasteiger partial charge on any atom is 0.0479 e. The molecule has 2 aromatic rings. The summed E-state index contributed by atoms with van der Waals surface area (Å²) in [4.78, 5) is 0. The summed E-state index contributed by atoms with van der Waals surface area (Å²) in [5.74, 6) is 0. The van der Waals surface area contributed by atoms with E-state index in [-0.39, 0.29) is 5.41 Å². The Bertz CT molecular complexity index is 494. The quantitative estimate of drug-likeness (QED) is 0.840. The number of rotatable bonds is 3. The molecule has 1 aromatic heterocycles. The minimum Gasteiger partial charge on any atom is -0.348 e. The van der Waals surface area contributed by atoms with Gasteiger partial charge in [0.25, 0.3) is 0 Å². The zero-order chi connectivity index (χ0) is 11.8. The number of hydrogen-bond acceptors (Lipinski definition) is 1. The zero-order valence-corrected chi connectivity index (χ0v) is 10.3. The fourth-order valence-electron chi connectivity index (χ4n) is 2.08. The van der Waals surface area contributed by atoms with Crippen molar-refractivity contribution in [1.82, 2.24) is 4.57 Å². The summed E-state index contributed by atoms with van der Waals surface area (Å²) in [6.45, 7) is 5.14. The molecular formula is C14H20N2. The van der Waals surface area contributed by atoms with Gasteiger partial charge in [0.15, 0.2) is 0 Å². The SMILES string of the molecule is Cn1c(CC(C)(C)CN)cc2ccccc21. The van der Waals surface area contributed by atoms with E-state index in [1.807, 2.05) is 0 Å². The van der Waals surface area contributed by atoms with Crippen LogP contribution >= 0.6 is 0 Å². The van der Waals surface area contributed by atoms with Gasteiger partial charge in [-0.2, -0.15) is 0 Å². The average Bonchev–Trinajstić information content (AvgIpc) is 2.56. The van der Waals surface area contributed by atoms with Gasteiger partial charge in [0.1, 0.15) is 0 Å². The Morgan fingerprint density at radius 2 is 1.94 bits per heavy atom. The van der Waals surface area contributed by atoms with Crippen LogP contribution in [0.25, 0.3) is 10.9 Å². The molecule has 16 heavy (non-hydrogen) atoms. The average molecular weight is 216 g/mol. The Labute approximate surface area is 97.1 Å². The molecule has 1 aromatic carbocycles. The third-order valence-corrected chi connectivity index (χ3v) is 3.26. The van der Waals surface area contributed by atoms with Crippen molar-refractivity contribution in [2.24, 2.45) is 18.2 Å². The zero-order valence-electron chi connectivity index (χ0n) is 10.3. The summed E-state index contributed by atoms with van der Waals surface area (Å²) in [5.41, 5.74) is 8.61. The Morgan fingerprint density at radius 3 is 2.56 bits per heavy atom. The van der Waals surface area contributed by atoms with Crippen LogP contribution < -0.4 is 5.73 Å². The van der Waals surface area contributed by atoms with E-state index >= 15 is 0 Å². The molecule has 0 aliphatic rings. The molecule has 0 saturated carbocycles. The van der Waals surface area contributed by atoms with Crippen LogP contribution in [0.3, 0.4) is 0 Å². The molecule has 0 bridgehead atoms. The van der Waals surface area contributed by atoms with Gasteiger partial charge >= 0.3 is 0 Å². The molecule has 0 atom stereocenters. The molecule has 2 rings (SSSR count). The van der Waals surface area contributed by atoms with Crippen LogP contribution in [0.15, 0.2) is 30.3 Å². The Balaban J connectivity index is 2.42. The second kappa shape index (κ2) is 3.95. The Kier molecular flexibility index (Phi) is 2.76. The highest BCUT2D eigenvalue weighted by Crippen LogP contribution is 2.25. The van der Waals surface area contributed by atoms with Gasteiger partial charge in [-0.25, -0.2) is 0 Å². The normalized spacial score (nSPS) is 12.2. The molecule has 0 saturated heterocycles. The van der Waals surface area contributed by atoms with Crippen LogP contribution in [-0.2, 0) is 13.5 Å². The van der Waals surface area contributed by atoms with Crippen molar-refractivity contribution >= 4 is 10.9 Å². The van der Waals surface area contributed by atoms with Gasteiger partial charge in [0, 0.05) is 18.3 Å². The van der Waals surface area contributed by atoms with E-state index in [9.17, 15) is 0 Å². The molecule has 0 amide bonds. The maximum atomic E-state index is 5.79. The first-order valence-electron chi connectivity index (χ1n) is 5.77. The standard InChI is InChI=1S/C14H20N2/c1-14(2,10-15)9-12-8-11-6-4-5-7-13(11)16(12)3/h4-8H,9-10,15H2,1-3H3. The molecule has 86 valence electrons. The fraction of sp³-hybridized carbons (Fsp3) is 0.429. The van der Waals surface area contributed by atoms with Crippen LogP contribution in [0.5, 0.6) is 0 Å². The van der Waals surface area contributed by atoms with Crippen LogP contribution in [0.4, 0.5) is 0 Å². The van der Waals surface area contributed by atoms with Crippen molar-refractivity contribution in [1.29, 1.82) is 0 Å². The molecule has 2 heteroatoms. The lowest BCUT2D eigenvalue weighted by atomic mass is 9.88. The number of para-hydroxylation sites is 1. The second-order valence-corrected chi connectivity index (χ2v) is 5.30. The monoisotopic (exact) mass is 216 g/mol. The van der Waals surface area contributed by atoms with Crippen LogP contribution in [0.2, 0.25) is 0 Å². The number of nitrogens with two attached hydrogens (primary N) is 1. The van der Waals surface area contributed by atoms with Crippen LogP contribution in [-0.4, -0.2) is 11.1 Å². The van der Waals surface area contributed by atoms with Gasteiger partial charge in [-0.3, -0.25) is 0 Å². The number of hydrogen-bond donors (Lipinski definition) is 1. The number of aromatic nitrogens is 1. The van der Waals surface area contributed by atoms with E-state index in [0.717, 1.165) is 6.42 Å². The van der Waals surface area contributed by atoms with E-state index in [2.05, 4.69) is 55.8 Å². The van der Waals surface area contributed by atoms with E-state index in [1.165, 1.54) is 16.6 Å². The first kappa shape index (κ1) is 11.2. The molecule has 2 N–H and O–H groups in total. The number of benzene rings is 1. The summed E-state index contributed by atoms with van der Waals surface area (Å²) >= 11 is 0. The van der Waals surface area contributed by atoms with E-state index in [4.69, 9.17) is 5.73 Å². The highest BCUT2D eigenvalue weighted by Gasteiger charge is 2.18. The molecule has 0 spiro atoms. The van der Waals surface area contributed by atoms with E-state index in [0.29, 0.717) is 6.54 Å². The summed E-state index contributed by atoms with van der Waals surface area (Å²) in [5, 5.41) is 1.31. The summed E-state index contributed by atoms with van der Waals surface area (Å²) in [7, 11) is 2.13. The fourth-order valence-corrected chi connectivity index (χ4v) is 2.08. The van der Waals surface area contributed by atoms with E-state index in [1.54, 1.807) is 0 Å². The summed E-state index contributed by atoms with van der Waals surface area (Å²) in [6.07, 6.45) is 1.02. The highest BCUT2D eigenvalue weighted by molar-refractivity contribution is 5.81. The smallest absolute Gasteiger partial charge is 0.0479 e. The topological polar surface area (TPSA) is 30.9 Å². The molecule has 0 aliphatic heterocycles. The minimum absolute atomic E-state index is 0.169. The molecular weight excluding hydrogens is 196 g/mol. The van der Waals surface area contributed by atoms with Gasteiger partial charge in [-0.05, 0) is 35.9 Å². The number of nitrogens with zero attached hydrogens (tertiary/aromatic N) is 1. The number of fused-ring (bicyclic) bond motifs is 1. The Morgan fingerprint density at radius 1 is 1.25 bits per heavy atom. The van der Waals surface area contributed by atoms with Crippen molar-refractivity contribution in [2.45, 2.75) is 20.3 Å². The molecule has 0 radical (unpaired) electrons. The van der Waals surface area contributed by atoms with Gasteiger partial charge < -0.3 is 10.3 Å². The molecule has 0 unspecified atom stereocenters.